The molecule has 1 aromatic heterocycles. The third-order valence-electron chi connectivity index (χ3n) is 2.76. The Balaban J connectivity index is 2.51. The van der Waals surface area contributed by atoms with Gasteiger partial charge in [0.2, 0.25) is 0 Å². The highest BCUT2D eigenvalue weighted by Crippen LogP contribution is 2.27. The highest BCUT2D eigenvalue weighted by molar-refractivity contribution is 7.92. The van der Waals surface area contributed by atoms with Crippen LogP contribution >= 0.6 is 0 Å². The van der Waals surface area contributed by atoms with Gasteiger partial charge < -0.3 is 5.73 Å². The predicted octanol–water partition coefficient (Wildman–Crippen LogP) is 1.22. The van der Waals surface area contributed by atoms with E-state index in [0.29, 0.717) is 17.9 Å². The van der Waals surface area contributed by atoms with Crippen molar-refractivity contribution in [2.45, 2.75) is 11.8 Å². The number of rotatable bonds is 4. The minimum atomic E-state index is -3.64. The second kappa shape index (κ2) is 4.93. The molecule has 7 heteroatoms. The number of benzene rings is 1. The van der Waals surface area contributed by atoms with Crippen LogP contribution in [0.2, 0.25) is 0 Å². The average molecular weight is 280 g/mol. The van der Waals surface area contributed by atoms with Crippen molar-refractivity contribution in [1.82, 2.24) is 9.78 Å². The third kappa shape index (κ3) is 2.41. The molecule has 2 rings (SSSR count). The SMILES string of the molecule is CCN(c1ccccc1N)S(=O)(=O)c1cnn(C)c1. The summed E-state index contributed by atoms with van der Waals surface area (Å²) in [5.74, 6) is 0. The number of aromatic nitrogens is 2. The number of aryl methyl sites for hydroxylation is 1. The molecule has 6 nitrogen and oxygen atoms in total. The van der Waals surface area contributed by atoms with E-state index >= 15 is 0 Å². The second-order valence-electron chi connectivity index (χ2n) is 4.08. The Labute approximate surface area is 112 Å². The number of hydrogen-bond acceptors (Lipinski definition) is 4. The van der Waals surface area contributed by atoms with Gasteiger partial charge in [-0.25, -0.2) is 8.42 Å². The molecule has 102 valence electrons. The van der Waals surface area contributed by atoms with E-state index in [1.807, 2.05) is 0 Å². The van der Waals surface area contributed by atoms with Gasteiger partial charge in [0.1, 0.15) is 4.90 Å². The lowest BCUT2D eigenvalue weighted by atomic mass is 10.3. The number of nitrogens with two attached hydrogens (primary N) is 1. The van der Waals surface area contributed by atoms with Gasteiger partial charge in [0.05, 0.1) is 17.6 Å². The number of nitrogens with zero attached hydrogens (tertiary/aromatic N) is 3. The van der Waals surface area contributed by atoms with Crippen molar-refractivity contribution < 1.29 is 8.42 Å². The summed E-state index contributed by atoms with van der Waals surface area (Å²) in [6.07, 6.45) is 2.80. The van der Waals surface area contributed by atoms with Crippen LogP contribution < -0.4 is 10.0 Å². The molecule has 19 heavy (non-hydrogen) atoms. The standard InChI is InChI=1S/C12H16N4O2S/c1-3-16(12-7-5-4-6-11(12)13)19(17,18)10-8-14-15(2)9-10/h4-9H,3,13H2,1-2H3. The number of hydrogen-bond donors (Lipinski definition) is 1. The monoisotopic (exact) mass is 280 g/mol. The number of para-hydroxylation sites is 2. The Hall–Kier alpha value is -2.02. The zero-order chi connectivity index (χ0) is 14.0. The molecule has 0 atom stereocenters. The molecule has 0 spiro atoms. The first-order valence-corrected chi connectivity index (χ1v) is 7.26. The van der Waals surface area contributed by atoms with E-state index in [-0.39, 0.29) is 4.90 Å². The summed E-state index contributed by atoms with van der Waals surface area (Å²) in [7, 11) is -1.96. The van der Waals surface area contributed by atoms with Crippen LogP contribution in [0.5, 0.6) is 0 Å². The van der Waals surface area contributed by atoms with Crippen molar-refractivity contribution in [3.8, 4) is 0 Å². The summed E-state index contributed by atoms with van der Waals surface area (Å²) in [5.41, 5.74) is 6.76. The molecule has 0 aliphatic carbocycles. The molecule has 0 amide bonds. The molecule has 1 aromatic carbocycles. The van der Waals surface area contributed by atoms with Gasteiger partial charge in [-0.3, -0.25) is 8.99 Å². The van der Waals surface area contributed by atoms with Gasteiger partial charge in [0.25, 0.3) is 10.0 Å². The maximum atomic E-state index is 12.5. The topological polar surface area (TPSA) is 81.2 Å². The Morgan fingerprint density at radius 3 is 2.58 bits per heavy atom. The lowest BCUT2D eigenvalue weighted by Crippen LogP contribution is -2.31. The summed E-state index contributed by atoms with van der Waals surface area (Å²) < 4.78 is 27.8. The van der Waals surface area contributed by atoms with Gasteiger partial charge in [-0.1, -0.05) is 12.1 Å². The van der Waals surface area contributed by atoms with E-state index in [1.54, 1.807) is 38.2 Å². The molecule has 0 fully saturated rings. The minimum absolute atomic E-state index is 0.153. The molecule has 0 aliphatic heterocycles. The van der Waals surface area contributed by atoms with Crippen LogP contribution in [-0.2, 0) is 17.1 Å². The second-order valence-corrected chi connectivity index (χ2v) is 5.94. The van der Waals surface area contributed by atoms with Gasteiger partial charge in [-0.2, -0.15) is 5.10 Å². The minimum Gasteiger partial charge on any atom is -0.397 e. The van der Waals surface area contributed by atoms with E-state index in [1.165, 1.54) is 21.4 Å². The molecule has 0 saturated heterocycles. The number of anilines is 2. The van der Waals surface area contributed by atoms with Crippen LogP contribution in [0, 0.1) is 0 Å². The first-order valence-electron chi connectivity index (χ1n) is 5.82. The average Bonchev–Trinajstić information content (AvgIpc) is 2.80. The van der Waals surface area contributed by atoms with Gasteiger partial charge >= 0.3 is 0 Å². The largest absolute Gasteiger partial charge is 0.397 e. The molecule has 0 aliphatic rings. The fourth-order valence-electron chi connectivity index (χ4n) is 1.84. The summed E-state index contributed by atoms with van der Waals surface area (Å²) in [5, 5.41) is 3.90. The molecule has 0 radical (unpaired) electrons. The molecule has 0 saturated carbocycles. The van der Waals surface area contributed by atoms with Crippen LogP contribution in [0.25, 0.3) is 0 Å². The Bertz CT molecular complexity index is 679. The van der Waals surface area contributed by atoms with E-state index in [9.17, 15) is 8.42 Å². The van der Waals surface area contributed by atoms with Crippen molar-refractivity contribution >= 4 is 21.4 Å². The van der Waals surface area contributed by atoms with Gasteiger partial charge in [0.15, 0.2) is 0 Å². The molecular formula is C12H16N4O2S. The first-order chi connectivity index (χ1) is 8.96. The maximum absolute atomic E-state index is 12.5. The van der Waals surface area contributed by atoms with Crippen LogP contribution in [0.15, 0.2) is 41.6 Å². The fourth-order valence-corrected chi connectivity index (χ4v) is 3.33. The van der Waals surface area contributed by atoms with Gasteiger partial charge in [-0.05, 0) is 19.1 Å². The quantitative estimate of drug-likeness (QED) is 0.854. The Morgan fingerprint density at radius 1 is 1.37 bits per heavy atom. The smallest absolute Gasteiger partial charge is 0.267 e. The van der Waals surface area contributed by atoms with Crippen molar-refractivity contribution in [1.29, 1.82) is 0 Å². The highest BCUT2D eigenvalue weighted by atomic mass is 32.2. The van der Waals surface area contributed by atoms with Gasteiger partial charge in [-0.15, -0.1) is 0 Å². The van der Waals surface area contributed by atoms with Crippen LogP contribution in [0.1, 0.15) is 6.92 Å². The molecule has 2 N–H and O–H groups in total. The highest BCUT2D eigenvalue weighted by Gasteiger charge is 2.26. The molecule has 2 aromatic rings. The van der Waals surface area contributed by atoms with Crippen LogP contribution in [-0.4, -0.2) is 24.7 Å². The lowest BCUT2D eigenvalue weighted by molar-refractivity contribution is 0.591. The first kappa shape index (κ1) is 13.4. The fraction of sp³-hybridized carbons (Fsp3) is 0.250. The molecule has 0 bridgehead atoms. The zero-order valence-corrected chi connectivity index (χ0v) is 11.6. The zero-order valence-electron chi connectivity index (χ0n) is 10.8. The normalized spacial score (nSPS) is 11.5. The van der Waals surface area contributed by atoms with Crippen molar-refractivity contribution in [2.75, 3.05) is 16.6 Å². The van der Waals surface area contributed by atoms with E-state index in [4.69, 9.17) is 5.73 Å². The Kier molecular flexibility index (Phi) is 3.48. The van der Waals surface area contributed by atoms with E-state index < -0.39 is 10.0 Å². The lowest BCUT2D eigenvalue weighted by Gasteiger charge is -2.23. The molecule has 0 unspecified atom stereocenters. The van der Waals surface area contributed by atoms with E-state index in [2.05, 4.69) is 5.10 Å². The third-order valence-corrected chi connectivity index (χ3v) is 4.60. The summed E-state index contributed by atoms with van der Waals surface area (Å²) in [4.78, 5) is 0.153. The van der Waals surface area contributed by atoms with E-state index in [0.717, 1.165) is 0 Å². The summed E-state index contributed by atoms with van der Waals surface area (Å²) in [6.45, 7) is 2.06. The van der Waals surface area contributed by atoms with Crippen molar-refractivity contribution in [3.05, 3.63) is 36.7 Å². The van der Waals surface area contributed by atoms with Crippen LogP contribution in [0.3, 0.4) is 0 Å². The summed E-state index contributed by atoms with van der Waals surface area (Å²) in [6, 6.07) is 6.89. The van der Waals surface area contributed by atoms with Crippen LogP contribution in [0.4, 0.5) is 11.4 Å². The van der Waals surface area contributed by atoms with Crippen molar-refractivity contribution in [3.63, 3.8) is 0 Å². The maximum Gasteiger partial charge on any atom is 0.267 e. The Morgan fingerprint density at radius 2 is 2.05 bits per heavy atom. The molecular weight excluding hydrogens is 264 g/mol. The van der Waals surface area contributed by atoms with Crippen molar-refractivity contribution in [2.24, 2.45) is 7.05 Å². The number of sulfonamides is 1. The van der Waals surface area contributed by atoms with Gasteiger partial charge in [0, 0.05) is 19.8 Å². The predicted molar refractivity (Wildman–Crippen MR) is 74.3 cm³/mol. The number of nitrogen functional groups attached to an aromatic ring is 1. The molecule has 1 heterocycles. The summed E-state index contributed by atoms with van der Waals surface area (Å²) >= 11 is 0.